The molecule has 1 aromatic carbocycles. The van der Waals surface area contributed by atoms with E-state index in [0.717, 1.165) is 5.56 Å². The monoisotopic (exact) mass is 168 g/mol. The number of benzene rings is 1. The van der Waals surface area contributed by atoms with Crippen LogP contribution in [0.2, 0.25) is 0 Å². The molecule has 0 aliphatic heterocycles. The third-order valence-electron chi connectivity index (χ3n) is 1.57. The second-order valence-electron chi connectivity index (χ2n) is 2.50. The predicted molar refractivity (Wildman–Crippen MR) is 47.6 cm³/mol. The highest BCUT2D eigenvalue weighted by molar-refractivity contribution is 5.64. The van der Waals surface area contributed by atoms with E-state index in [-0.39, 0.29) is 0 Å². The van der Waals surface area contributed by atoms with Gasteiger partial charge in [-0.05, 0) is 24.6 Å². The van der Waals surface area contributed by atoms with E-state index in [1.807, 2.05) is 6.92 Å². The molecule has 12 heavy (non-hydrogen) atoms. The Balaban J connectivity index is 3.05. The van der Waals surface area contributed by atoms with Gasteiger partial charge >= 0.3 is 0 Å². The van der Waals surface area contributed by atoms with Gasteiger partial charge in [-0.15, -0.1) is 0 Å². The van der Waals surface area contributed by atoms with Crippen LogP contribution < -0.4 is 16.4 Å². The molecule has 0 spiro atoms. The summed E-state index contributed by atoms with van der Waals surface area (Å²) in [6.07, 6.45) is 0. The summed E-state index contributed by atoms with van der Waals surface area (Å²) in [5.74, 6) is 0.490. The molecule has 0 heterocycles. The highest BCUT2D eigenvalue weighted by Crippen LogP contribution is 2.26. The van der Waals surface area contributed by atoms with Crippen molar-refractivity contribution in [2.24, 2.45) is 0 Å². The first-order valence-electron chi connectivity index (χ1n) is 3.51. The van der Waals surface area contributed by atoms with E-state index in [4.69, 9.17) is 16.4 Å². The quantitative estimate of drug-likeness (QED) is 0.394. The van der Waals surface area contributed by atoms with E-state index in [1.54, 1.807) is 12.1 Å². The lowest BCUT2D eigenvalue weighted by atomic mass is 10.2. The van der Waals surface area contributed by atoms with Gasteiger partial charge in [0.15, 0.2) is 5.75 Å². The molecule has 4 nitrogen and oxygen atoms in total. The molecule has 0 saturated heterocycles. The Bertz CT molecular complexity index is 287. The molecule has 66 valence electrons. The zero-order valence-corrected chi connectivity index (χ0v) is 7.13. The summed E-state index contributed by atoms with van der Waals surface area (Å²) in [6.45, 7) is 1.87. The van der Waals surface area contributed by atoms with Crippen molar-refractivity contribution in [2.45, 2.75) is 6.92 Å². The Kier molecular flexibility index (Phi) is 2.40. The van der Waals surface area contributed by atoms with Gasteiger partial charge in [-0.1, -0.05) is 0 Å². The fourth-order valence-corrected chi connectivity index (χ4v) is 0.878. The average molecular weight is 168 g/mol. The number of anilines is 2. The normalized spacial score (nSPS) is 9.83. The van der Waals surface area contributed by atoms with Crippen LogP contribution in [0.25, 0.3) is 0 Å². The largest absolute Gasteiger partial charge is 0.398 e. The van der Waals surface area contributed by atoms with Crippen molar-refractivity contribution < 1.29 is 9.78 Å². The van der Waals surface area contributed by atoms with E-state index in [0.29, 0.717) is 17.1 Å². The Morgan fingerprint density at radius 1 is 1.17 bits per heavy atom. The molecular formula is C8H12N2O2. The zero-order valence-electron chi connectivity index (χ0n) is 7.13. The standard InChI is InChI=1S/C8H12N2O2/c1-5-3-8(12-11-2)7(10)4-6(5)9/h3-4H,9-10H2,1-2H3. The molecule has 4 N–H and O–H groups in total. The average Bonchev–Trinajstić information content (AvgIpc) is 2.01. The van der Waals surface area contributed by atoms with Crippen LogP contribution in [-0.2, 0) is 4.89 Å². The smallest absolute Gasteiger partial charge is 0.188 e. The summed E-state index contributed by atoms with van der Waals surface area (Å²) in [6, 6.07) is 3.37. The van der Waals surface area contributed by atoms with E-state index in [9.17, 15) is 0 Å². The zero-order chi connectivity index (χ0) is 9.14. The van der Waals surface area contributed by atoms with Gasteiger partial charge in [-0.3, -0.25) is 0 Å². The maximum Gasteiger partial charge on any atom is 0.188 e. The van der Waals surface area contributed by atoms with Gasteiger partial charge in [0.05, 0.1) is 12.8 Å². The van der Waals surface area contributed by atoms with Crippen molar-refractivity contribution >= 4 is 11.4 Å². The van der Waals surface area contributed by atoms with Crippen LogP contribution in [0.5, 0.6) is 5.75 Å². The second-order valence-corrected chi connectivity index (χ2v) is 2.50. The van der Waals surface area contributed by atoms with Crippen molar-refractivity contribution in [3.05, 3.63) is 17.7 Å². The van der Waals surface area contributed by atoms with E-state index < -0.39 is 0 Å². The van der Waals surface area contributed by atoms with Gasteiger partial charge in [-0.2, -0.15) is 4.89 Å². The van der Waals surface area contributed by atoms with E-state index in [2.05, 4.69) is 4.89 Å². The minimum atomic E-state index is 0.472. The Morgan fingerprint density at radius 2 is 1.83 bits per heavy atom. The SMILES string of the molecule is COOc1cc(C)c(N)cc1N. The molecule has 1 aromatic rings. The topological polar surface area (TPSA) is 70.5 Å². The van der Waals surface area contributed by atoms with Gasteiger partial charge in [0.1, 0.15) is 0 Å². The molecule has 0 radical (unpaired) electrons. The predicted octanol–water partition coefficient (Wildman–Crippen LogP) is 1.10. The first-order chi connectivity index (χ1) is 5.65. The van der Waals surface area contributed by atoms with Crippen molar-refractivity contribution in [2.75, 3.05) is 18.6 Å². The Hall–Kier alpha value is -1.42. The van der Waals surface area contributed by atoms with Gasteiger partial charge in [0.2, 0.25) is 0 Å². The second kappa shape index (κ2) is 3.32. The van der Waals surface area contributed by atoms with Crippen molar-refractivity contribution in [3.63, 3.8) is 0 Å². The molecule has 0 aliphatic rings. The lowest BCUT2D eigenvalue weighted by molar-refractivity contribution is -0.177. The lowest BCUT2D eigenvalue weighted by Crippen LogP contribution is -1.99. The van der Waals surface area contributed by atoms with Gasteiger partial charge in [0, 0.05) is 5.69 Å². The highest BCUT2D eigenvalue weighted by Gasteiger charge is 2.03. The third-order valence-corrected chi connectivity index (χ3v) is 1.57. The number of nitrogens with two attached hydrogens (primary N) is 2. The van der Waals surface area contributed by atoms with Crippen LogP contribution in [-0.4, -0.2) is 7.11 Å². The summed E-state index contributed by atoms with van der Waals surface area (Å²) in [5, 5.41) is 0. The van der Waals surface area contributed by atoms with Crippen LogP contribution in [0.4, 0.5) is 11.4 Å². The molecule has 0 amide bonds. The van der Waals surface area contributed by atoms with Crippen LogP contribution in [0.3, 0.4) is 0 Å². The van der Waals surface area contributed by atoms with Crippen LogP contribution in [0.15, 0.2) is 12.1 Å². The summed E-state index contributed by atoms with van der Waals surface area (Å²) < 4.78 is 0. The molecule has 0 aromatic heterocycles. The van der Waals surface area contributed by atoms with Crippen LogP contribution in [0, 0.1) is 6.92 Å². The molecule has 4 heteroatoms. The molecule has 0 unspecified atom stereocenters. The minimum absolute atomic E-state index is 0.472. The lowest BCUT2D eigenvalue weighted by Gasteiger charge is -2.07. The molecule has 0 aliphatic carbocycles. The molecule has 1 rings (SSSR count). The summed E-state index contributed by atoms with van der Waals surface area (Å²) in [4.78, 5) is 9.27. The molecule has 0 saturated carbocycles. The highest BCUT2D eigenvalue weighted by atomic mass is 17.2. The number of aryl methyl sites for hydroxylation is 1. The Labute approximate surface area is 71.0 Å². The minimum Gasteiger partial charge on any atom is -0.398 e. The number of nitrogen functional groups attached to an aromatic ring is 2. The number of hydrogen-bond donors (Lipinski definition) is 2. The van der Waals surface area contributed by atoms with E-state index >= 15 is 0 Å². The molecule has 0 atom stereocenters. The third kappa shape index (κ3) is 1.60. The number of hydrogen-bond acceptors (Lipinski definition) is 4. The van der Waals surface area contributed by atoms with Gasteiger partial charge < -0.3 is 16.4 Å². The first kappa shape index (κ1) is 8.67. The van der Waals surface area contributed by atoms with Crippen molar-refractivity contribution in [1.29, 1.82) is 0 Å². The summed E-state index contributed by atoms with van der Waals surface area (Å²) in [7, 11) is 1.42. The van der Waals surface area contributed by atoms with Crippen LogP contribution in [0.1, 0.15) is 5.56 Å². The Morgan fingerprint density at radius 3 is 2.42 bits per heavy atom. The molecule has 0 bridgehead atoms. The molecular weight excluding hydrogens is 156 g/mol. The van der Waals surface area contributed by atoms with Gasteiger partial charge in [-0.25, -0.2) is 0 Å². The maximum atomic E-state index is 5.61. The van der Waals surface area contributed by atoms with Crippen LogP contribution >= 0.6 is 0 Å². The first-order valence-corrected chi connectivity index (χ1v) is 3.51. The molecule has 0 fully saturated rings. The summed E-state index contributed by atoms with van der Waals surface area (Å²) in [5.41, 5.74) is 13.2. The number of rotatable bonds is 2. The fraction of sp³-hybridized carbons (Fsp3) is 0.250. The summed E-state index contributed by atoms with van der Waals surface area (Å²) >= 11 is 0. The van der Waals surface area contributed by atoms with Gasteiger partial charge in [0.25, 0.3) is 0 Å². The fourth-order valence-electron chi connectivity index (χ4n) is 0.878. The maximum absolute atomic E-state index is 5.61. The van der Waals surface area contributed by atoms with Crippen molar-refractivity contribution in [3.8, 4) is 5.75 Å². The van der Waals surface area contributed by atoms with Crippen molar-refractivity contribution in [1.82, 2.24) is 0 Å². The van der Waals surface area contributed by atoms with E-state index in [1.165, 1.54) is 7.11 Å².